The zero-order chi connectivity index (χ0) is 7.44. The monoisotopic (exact) mass is 154 g/mol. The van der Waals surface area contributed by atoms with E-state index < -0.39 is 12.3 Å². The van der Waals surface area contributed by atoms with Crippen LogP contribution in [0.1, 0.15) is 13.8 Å². The van der Waals surface area contributed by atoms with E-state index in [0.717, 1.165) is 0 Å². The number of carbonyl (C=O) groups excluding carboxylic acids is 1. The van der Waals surface area contributed by atoms with E-state index in [-0.39, 0.29) is 35.1 Å². The Balaban J connectivity index is 0. The number of hydrogen-bond acceptors (Lipinski definition) is 3. The molecule has 0 aromatic heterocycles. The maximum atomic E-state index is 10.5. The number of ether oxygens (including phenoxy) is 1. The summed E-state index contributed by atoms with van der Waals surface area (Å²) in [4.78, 5) is 10.5. The Hall–Kier alpha value is 0.170. The first-order valence-electron chi connectivity index (χ1n) is 2.58. The quantitative estimate of drug-likeness (QED) is 0.259. The van der Waals surface area contributed by atoms with Crippen molar-refractivity contribution in [1.29, 1.82) is 0 Å². The summed E-state index contributed by atoms with van der Waals surface area (Å²) in [6.45, 7) is 6.20. The Kier molecular flexibility index (Phi) is 7.58. The van der Waals surface area contributed by atoms with Crippen molar-refractivity contribution in [2.45, 2.75) is 20.1 Å². The van der Waals surface area contributed by atoms with Crippen molar-refractivity contribution in [3.05, 3.63) is 12.2 Å². The Bertz CT molecular complexity index is 131. The van der Waals surface area contributed by atoms with Gasteiger partial charge in [0, 0.05) is 5.57 Å². The number of esters is 1. The molecule has 3 nitrogen and oxygen atoms in total. The van der Waals surface area contributed by atoms with Gasteiger partial charge in [0.25, 0.3) is 0 Å². The summed E-state index contributed by atoms with van der Waals surface area (Å²) < 4.78 is 4.33. The van der Waals surface area contributed by atoms with E-state index in [2.05, 4.69) is 11.3 Å². The molecule has 54 valence electrons. The fraction of sp³-hybridized carbons (Fsp3) is 0.500. The first-order chi connectivity index (χ1) is 4.04. The number of carbonyl (C=O) groups is 1. The molecule has 1 atom stereocenters. The third-order valence-electron chi connectivity index (χ3n) is 0.626. The number of rotatable bonds is 2. The average molecular weight is 154 g/mol. The van der Waals surface area contributed by atoms with Gasteiger partial charge in [-0.05, 0) is 13.8 Å². The summed E-state index contributed by atoms with van der Waals surface area (Å²) in [5, 5.41) is 8.49. The van der Waals surface area contributed by atoms with E-state index in [1.165, 1.54) is 13.8 Å². The van der Waals surface area contributed by atoms with E-state index in [0.29, 0.717) is 0 Å². The van der Waals surface area contributed by atoms with Crippen LogP contribution in [0.25, 0.3) is 0 Å². The van der Waals surface area contributed by atoms with Gasteiger partial charge in [-0.1, -0.05) is 6.58 Å². The fourth-order valence-electron chi connectivity index (χ4n) is 0.255. The van der Waals surface area contributed by atoms with Crippen LogP contribution < -0.4 is 0 Å². The summed E-state index contributed by atoms with van der Waals surface area (Å²) in [6.07, 6.45) is -1.05. The molecule has 0 amide bonds. The van der Waals surface area contributed by atoms with Crippen LogP contribution in [0.5, 0.6) is 0 Å². The molecule has 0 rings (SSSR count). The molecule has 0 aromatic carbocycles. The van der Waals surface area contributed by atoms with Gasteiger partial charge in [0.2, 0.25) is 0 Å². The average Bonchev–Trinajstić information content (AvgIpc) is 1.63. The van der Waals surface area contributed by atoms with Gasteiger partial charge < -0.3 is 9.84 Å². The second kappa shape index (κ2) is 5.92. The SMILES string of the molecule is C=C(C)C(=O)OC(C)O.[NaH]. The molecule has 0 radical (unpaired) electrons. The number of hydrogen-bond donors (Lipinski definition) is 1. The number of aliphatic hydroxyl groups is 1. The molecule has 0 heterocycles. The van der Waals surface area contributed by atoms with Crippen LogP contribution in [0, 0.1) is 0 Å². The molecule has 1 unspecified atom stereocenters. The molecule has 0 fully saturated rings. The van der Waals surface area contributed by atoms with Crippen molar-refractivity contribution < 1.29 is 14.6 Å². The molecule has 1 N–H and O–H groups in total. The van der Waals surface area contributed by atoms with E-state index in [4.69, 9.17) is 5.11 Å². The molecule has 10 heavy (non-hydrogen) atoms. The minimum atomic E-state index is -1.05. The van der Waals surface area contributed by atoms with Gasteiger partial charge in [-0.25, -0.2) is 4.79 Å². The molecular formula is C6H11NaO3. The molecule has 4 heteroatoms. The Labute approximate surface area is 82.4 Å². The first kappa shape index (κ1) is 12.8. The van der Waals surface area contributed by atoms with Crippen LogP contribution in [-0.4, -0.2) is 46.9 Å². The van der Waals surface area contributed by atoms with Crippen molar-refractivity contribution in [2.75, 3.05) is 0 Å². The number of aliphatic hydroxyl groups excluding tert-OH is 1. The minimum absolute atomic E-state index is 0. The van der Waals surface area contributed by atoms with Gasteiger partial charge in [-0.3, -0.25) is 0 Å². The van der Waals surface area contributed by atoms with E-state index >= 15 is 0 Å². The molecule has 0 spiro atoms. The summed E-state index contributed by atoms with van der Waals surface area (Å²) in [5.74, 6) is -0.565. The molecule has 0 aliphatic rings. The van der Waals surface area contributed by atoms with Gasteiger partial charge in [-0.15, -0.1) is 0 Å². The van der Waals surface area contributed by atoms with Crippen LogP contribution in [0.4, 0.5) is 0 Å². The van der Waals surface area contributed by atoms with Gasteiger partial charge in [0.05, 0.1) is 0 Å². The maximum absolute atomic E-state index is 10.5. The Morgan fingerprint density at radius 2 is 2.10 bits per heavy atom. The van der Waals surface area contributed by atoms with Crippen LogP contribution in [0.15, 0.2) is 12.2 Å². The van der Waals surface area contributed by atoms with E-state index in [9.17, 15) is 4.79 Å². The van der Waals surface area contributed by atoms with Crippen molar-refractivity contribution in [2.24, 2.45) is 0 Å². The molecule has 0 aromatic rings. The van der Waals surface area contributed by atoms with Crippen molar-refractivity contribution in [3.63, 3.8) is 0 Å². The third kappa shape index (κ3) is 6.29. The first-order valence-corrected chi connectivity index (χ1v) is 2.58. The second-order valence-corrected chi connectivity index (χ2v) is 1.78. The summed E-state index contributed by atoms with van der Waals surface area (Å²) >= 11 is 0. The second-order valence-electron chi connectivity index (χ2n) is 1.78. The van der Waals surface area contributed by atoms with Gasteiger partial charge in [-0.2, -0.15) is 0 Å². The van der Waals surface area contributed by atoms with Crippen molar-refractivity contribution >= 4 is 35.5 Å². The van der Waals surface area contributed by atoms with Crippen LogP contribution in [-0.2, 0) is 9.53 Å². The zero-order valence-electron chi connectivity index (χ0n) is 5.55. The molecule has 0 bridgehead atoms. The predicted octanol–water partition coefficient (Wildman–Crippen LogP) is -0.205. The standard InChI is InChI=1S/C6H10O3.Na.H/c1-4(2)6(8)9-5(3)7;;/h5,7H,1H2,2-3H3;;. The summed E-state index contributed by atoms with van der Waals surface area (Å²) in [5.41, 5.74) is 0.288. The van der Waals surface area contributed by atoms with Gasteiger partial charge >= 0.3 is 35.5 Å². The van der Waals surface area contributed by atoms with Crippen LogP contribution in [0.2, 0.25) is 0 Å². The van der Waals surface area contributed by atoms with E-state index in [1.54, 1.807) is 0 Å². The predicted molar refractivity (Wildman–Crippen MR) is 39.7 cm³/mol. The Morgan fingerprint density at radius 3 is 2.20 bits per heavy atom. The topological polar surface area (TPSA) is 46.5 Å². The molecule has 0 saturated heterocycles. The van der Waals surface area contributed by atoms with E-state index in [1.807, 2.05) is 0 Å². The molecule has 0 aliphatic heterocycles. The molecule has 0 saturated carbocycles. The molecule has 0 aliphatic carbocycles. The van der Waals surface area contributed by atoms with Crippen LogP contribution >= 0.6 is 0 Å². The normalized spacial score (nSPS) is 11.1. The fourth-order valence-corrected chi connectivity index (χ4v) is 0.255. The van der Waals surface area contributed by atoms with Crippen molar-refractivity contribution in [3.8, 4) is 0 Å². The van der Waals surface area contributed by atoms with Crippen LogP contribution in [0.3, 0.4) is 0 Å². The zero-order valence-corrected chi connectivity index (χ0v) is 5.55. The summed E-state index contributed by atoms with van der Waals surface area (Å²) in [7, 11) is 0. The van der Waals surface area contributed by atoms with Gasteiger partial charge in [0.1, 0.15) is 0 Å². The third-order valence-corrected chi connectivity index (χ3v) is 0.626. The molecular weight excluding hydrogens is 143 g/mol. The van der Waals surface area contributed by atoms with Gasteiger partial charge in [0.15, 0.2) is 6.29 Å². The Morgan fingerprint density at radius 1 is 1.70 bits per heavy atom. The summed E-state index contributed by atoms with van der Waals surface area (Å²) in [6, 6.07) is 0. The van der Waals surface area contributed by atoms with Crippen molar-refractivity contribution in [1.82, 2.24) is 0 Å².